The number of hydrogen-bond donors (Lipinski definition) is 0. The number of aromatic nitrogens is 4. The van der Waals surface area contributed by atoms with Crippen LogP contribution in [0.5, 0.6) is 0 Å². The number of rotatable bonds is 0. The Balaban J connectivity index is 0.00000192. The van der Waals surface area contributed by atoms with E-state index in [0.717, 1.165) is 44.8 Å². The average molecular weight is 682 g/mol. The average Bonchev–Trinajstić information content (AvgIpc) is 3.39. The topological polar surface area (TPSA) is 35.6 Å². The number of nitrogens with zero attached hydrogens (tertiary/aromatic N) is 4. The maximum atomic E-state index is 8.32. The van der Waals surface area contributed by atoms with Crippen LogP contribution in [-0.2, 0) is 0 Å². The summed E-state index contributed by atoms with van der Waals surface area (Å²) in [5.41, 5.74) is 7.42. The summed E-state index contributed by atoms with van der Waals surface area (Å²) in [5.74, 6) is 0. The normalized spacial score (nSPS) is 12.7. The van der Waals surface area contributed by atoms with Crippen LogP contribution in [0.3, 0.4) is 0 Å². The molecule has 8 bridgehead atoms. The molecule has 3 aromatic rings. The number of fused-ring (bicyclic) bond motifs is 8. The van der Waals surface area contributed by atoms with Crippen LogP contribution in [0.25, 0.3) is 46.4 Å². The summed E-state index contributed by atoms with van der Waals surface area (Å²) in [4.78, 5) is 9.37. The third-order valence-electron chi connectivity index (χ3n) is 4.22. The molecule has 0 spiro atoms. The molecule has 130 valence electrons. The second kappa shape index (κ2) is 7.70. The molecule has 0 N–H and O–H groups in total. The molecule has 27 heavy (non-hydrogen) atoms. The second-order valence-corrected chi connectivity index (χ2v) is 7.94. The van der Waals surface area contributed by atoms with Crippen molar-refractivity contribution >= 4 is 116 Å². The SMILES string of the molecule is [2H]c1cc2cc3nc(cc4ccc(cc5nc(cc1n2I)C=C5)n4I)C=C3.[Sn]. The van der Waals surface area contributed by atoms with Crippen molar-refractivity contribution in [2.24, 2.45) is 0 Å². The zero-order chi connectivity index (χ0) is 18.5. The maximum Gasteiger partial charge on any atom is 0.0658 e. The summed E-state index contributed by atoms with van der Waals surface area (Å²) < 4.78 is 12.4. The van der Waals surface area contributed by atoms with Gasteiger partial charge in [-0.3, -0.25) is 5.56 Å². The fourth-order valence-electron chi connectivity index (χ4n) is 2.96. The summed E-state index contributed by atoms with van der Waals surface area (Å²) in [5, 5.41) is 0. The first-order valence-corrected chi connectivity index (χ1v) is 9.93. The summed E-state index contributed by atoms with van der Waals surface area (Å²) in [6, 6.07) is 14.5. The van der Waals surface area contributed by atoms with Crippen LogP contribution in [0.4, 0.5) is 0 Å². The van der Waals surface area contributed by atoms with E-state index in [4.69, 9.17) is 6.35 Å². The van der Waals surface area contributed by atoms with E-state index in [2.05, 4.69) is 77.8 Å². The van der Waals surface area contributed by atoms with Crippen LogP contribution in [0.15, 0.2) is 48.5 Å². The van der Waals surface area contributed by atoms with Gasteiger partial charge in [-0.2, -0.15) is 0 Å². The minimum atomic E-state index is 0. The van der Waals surface area contributed by atoms with Crippen molar-refractivity contribution in [2.75, 3.05) is 0 Å². The van der Waals surface area contributed by atoms with Crippen molar-refractivity contribution in [2.45, 2.75) is 0 Å². The standard InChI is InChI=1S/C20H12I2N4.Sn/c21-25-17-5-6-19(25)11-15-3-4-16(24-15)12-20-8-7-18(26(20)22)10-14-2-1-13(9-17)23-14;/h1-12H;/i5D;. The molecular weight excluding hydrogens is 669 g/mol. The van der Waals surface area contributed by atoms with Crippen molar-refractivity contribution in [1.29, 1.82) is 0 Å². The third-order valence-corrected chi connectivity index (χ3v) is 6.41. The van der Waals surface area contributed by atoms with Gasteiger partial charge in [0.1, 0.15) is 0 Å². The molecule has 4 radical (unpaired) electrons. The van der Waals surface area contributed by atoms with Gasteiger partial charge in [-0.1, -0.05) is 0 Å². The van der Waals surface area contributed by atoms with Gasteiger partial charge in [0.15, 0.2) is 0 Å². The van der Waals surface area contributed by atoms with Crippen LogP contribution in [0, 0.1) is 0 Å². The Morgan fingerprint density at radius 2 is 1.00 bits per heavy atom. The minimum absolute atomic E-state index is 0. The van der Waals surface area contributed by atoms with Crippen molar-refractivity contribution in [3.63, 3.8) is 0 Å². The van der Waals surface area contributed by atoms with Gasteiger partial charge in [0.25, 0.3) is 0 Å². The second-order valence-electron chi connectivity index (χ2n) is 6.01. The van der Waals surface area contributed by atoms with E-state index in [1.54, 1.807) is 0 Å². The van der Waals surface area contributed by atoms with Gasteiger partial charge in [0.2, 0.25) is 0 Å². The van der Waals surface area contributed by atoms with E-state index in [9.17, 15) is 0 Å². The van der Waals surface area contributed by atoms with Crippen molar-refractivity contribution in [3.8, 4) is 0 Å². The largest absolute Gasteiger partial charge is 0.283 e. The summed E-state index contributed by atoms with van der Waals surface area (Å²) in [6.07, 6.45) is 7.99. The van der Waals surface area contributed by atoms with Gasteiger partial charge >= 0.3 is 0 Å². The Hall–Kier alpha value is -1.14. The van der Waals surface area contributed by atoms with E-state index >= 15 is 0 Å². The predicted octanol–water partition coefficient (Wildman–Crippen LogP) is 5.62. The van der Waals surface area contributed by atoms with Crippen LogP contribution in [0.2, 0.25) is 0 Å². The molecule has 0 amide bonds. The molecule has 4 nitrogen and oxygen atoms in total. The molecule has 0 aromatic carbocycles. The van der Waals surface area contributed by atoms with Crippen molar-refractivity contribution < 1.29 is 1.37 Å². The third kappa shape index (κ3) is 3.75. The van der Waals surface area contributed by atoms with Gasteiger partial charge in [-0.25, -0.2) is 9.97 Å². The van der Waals surface area contributed by atoms with Crippen molar-refractivity contribution in [3.05, 3.63) is 71.3 Å². The number of hydrogen-bond acceptors (Lipinski definition) is 2. The van der Waals surface area contributed by atoms with Gasteiger partial charge in [0.05, 0.1) is 91.9 Å². The molecule has 0 atom stereocenters. The monoisotopic (exact) mass is 683 g/mol. The first kappa shape index (κ1) is 17.9. The molecular formula is C20H12I2N4Sn. The Morgan fingerprint density at radius 1 is 0.630 bits per heavy atom. The molecule has 5 heterocycles. The molecule has 0 aliphatic carbocycles. The summed E-state index contributed by atoms with van der Waals surface area (Å²) in [7, 11) is 0. The van der Waals surface area contributed by atoms with Gasteiger partial charge in [0, 0.05) is 23.9 Å². The quantitative estimate of drug-likeness (QED) is 0.157. The molecule has 0 saturated heterocycles. The molecule has 5 rings (SSSR count). The molecule has 7 heteroatoms. The van der Waals surface area contributed by atoms with E-state index in [1.807, 2.05) is 45.3 Å². The fourth-order valence-corrected chi connectivity index (χ4v) is 4.12. The molecule has 2 aliphatic heterocycles. The minimum Gasteiger partial charge on any atom is -0.283 e. The Kier molecular flexibility index (Phi) is 5.11. The fraction of sp³-hybridized carbons (Fsp3) is 0. The van der Waals surface area contributed by atoms with Gasteiger partial charge in [-0.05, 0) is 72.8 Å². The van der Waals surface area contributed by atoms with Gasteiger partial charge in [-0.15, -0.1) is 0 Å². The molecule has 0 saturated carbocycles. The Bertz CT molecular complexity index is 1320. The van der Waals surface area contributed by atoms with Crippen LogP contribution >= 0.6 is 45.7 Å². The van der Waals surface area contributed by atoms with Gasteiger partial charge < -0.3 is 0 Å². The smallest absolute Gasteiger partial charge is 0.0658 e. The van der Waals surface area contributed by atoms with E-state index in [0.29, 0.717) is 6.04 Å². The van der Waals surface area contributed by atoms with Crippen LogP contribution < -0.4 is 0 Å². The molecule has 0 fully saturated rings. The zero-order valence-electron chi connectivity index (χ0n) is 14.9. The number of halogens is 2. The zero-order valence-corrected chi connectivity index (χ0v) is 21.1. The van der Waals surface area contributed by atoms with Crippen LogP contribution in [0.1, 0.15) is 24.1 Å². The van der Waals surface area contributed by atoms with E-state index < -0.39 is 0 Å². The Labute approximate surface area is 202 Å². The first-order chi connectivity index (χ1) is 13.1. The van der Waals surface area contributed by atoms with Crippen molar-refractivity contribution in [1.82, 2.24) is 15.5 Å². The first-order valence-electron chi connectivity index (χ1n) is 8.50. The molecule has 2 aliphatic rings. The van der Waals surface area contributed by atoms with E-state index in [-0.39, 0.29) is 23.9 Å². The predicted molar refractivity (Wildman–Crippen MR) is 131 cm³/mol. The van der Waals surface area contributed by atoms with Crippen LogP contribution in [-0.4, -0.2) is 39.4 Å². The molecule has 0 unspecified atom stereocenters. The Morgan fingerprint density at radius 3 is 1.48 bits per heavy atom. The maximum absolute atomic E-state index is 8.32. The summed E-state index contributed by atoms with van der Waals surface area (Å²) in [6.45, 7) is 0. The summed E-state index contributed by atoms with van der Waals surface area (Å²) >= 11 is 4.52. The molecule has 3 aromatic heterocycles. The van der Waals surface area contributed by atoms with E-state index in [1.165, 1.54) is 0 Å².